The van der Waals surface area contributed by atoms with Crippen molar-refractivity contribution in [2.45, 2.75) is 0 Å². The molecule has 0 unspecified atom stereocenters. The van der Waals surface area contributed by atoms with Crippen molar-refractivity contribution in [3.8, 4) is 22.8 Å². The SMILES string of the molecule is NC(=O)c1ccc(=O)[nH]c1-c1cccc2c1Nc1ccccc1O2. The van der Waals surface area contributed by atoms with Crippen LogP contribution in [0.4, 0.5) is 11.4 Å². The molecule has 2 heterocycles. The number of amides is 1. The minimum Gasteiger partial charge on any atom is -0.453 e. The third-order valence-corrected chi connectivity index (χ3v) is 3.85. The maximum Gasteiger partial charge on any atom is 0.250 e. The first-order chi connectivity index (χ1) is 11.6. The molecule has 4 N–H and O–H groups in total. The number of hydrogen-bond acceptors (Lipinski definition) is 4. The highest BCUT2D eigenvalue weighted by atomic mass is 16.5. The largest absolute Gasteiger partial charge is 0.453 e. The van der Waals surface area contributed by atoms with Crippen LogP contribution < -0.4 is 21.3 Å². The lowest BCUT2D eigenvalue weighted by atomic mass is 10.0. The zero-order valence-electron chi connectivity index (χ0n) is 12.5. The number of H-pyrrole nitrogens is 1. The maximum absolute atomic E-state index is 11.7. The zero-order chi connectivity index (χ0) is 16.7. The number of primary amides is 1. The Labute approximate surface area is 136 Å². The summed E-state index contributed by atoms with van der Waals surface area (Å²) in [5, 5.41) is 3.29. The zero-order valence-corrected chi connectivity index (χ0v) is 12.5. The molecule has 0 fully saturated rings. The van der Waals surface area contributed by atoms with Crippen LogP contribution in [0.5, 0.6) is 11.5 Å². The van der Waals surface area contributed by atoms with E-state index in [4.69, 9.17) is 10.5 Å². The van der Waals surface area contributed by atoms with Crippen molar-refractivity contribution in [3.63, 3.8) is 0 Å². The van der Waals surface area contributed by atoms with Crippen molar-refractivity contribution in [1.82, 2.24) is 4.98 Å². The van der Waals surface area contributed by atoms with Gasteiger partial charge in [0.1, 0.15) is 0 Å². The molecule has 0 radical (unpaired) electrons. The monoisotopic (exact) mass is 319 g/mol. The molecular weight excluding hydrogens is 306 g/mol. The highest BCUT2D eigenvalue weighted by molar-refractivity contribution is 6.01. The predicted octanol–water partition coefficient (Wildman–Crippen LogP) is 2.99. The maximum atomic E-state index is 11.7. The molecule has 0 aliphatic carbocycles. The molecule has 1 aliphatic heterocycles. The van der Waals surface area contributed by atoms with Gasteiger partial charge in [-0.3, -0.25) is 9.59 Å². The number of benzene rings is 2. The molecule has 2 aromatic carbocycles. The number of carbonyl (C=O) groups excluding carboxylic acids is 1. The Balaban J connectivity index is 1.93. The lowest BCUT2D eigenvalue weighted by Gasteiger charge is -2.24. The summed E-state index contributed by atoms with van der Waals surface area (Å²) in [6.45, 7) is 0. The van der Waals surface area contributed by atoms with Gasteiger partial charge in [0.15, 0.2) is 11.5 Å². The van der Waals surface area contributed by atoms with Crippen molar-refractivity contribution in [3.05, 3.63) is 70.5 Å². The summed E-state index contributed by atoms with van der Waals surface area (Å²) < 4.78 is 5.90. The van der Waals surface area contributed by atoms with E-state index in [1.54, 1.807) is 12.1 Å². The molecule has 4 rings (SSSR count). The number of fused-ring (bicyclic) bond motifs is 2. The van der Waals surface area contributed by atoms with Gasteiger partial charge in [0.05, 0.1) is 22.6 Å². The van der Waals surface area contributed by atoms with E-state index in [0.717, 1.165) is 5.69 Å². The highest BCUT2D eigenvalue weighted by Gasteiger charge is 2.22. The van der Waals surface area contributed by atoms with Gasteiger partial charge >= 0.3 is 0 Å². The lowest BCUT2D eigenvalue weighted by Crippen LogP contribution is -2.17. The normalized spacial score (nSPS) is 11.7. The van der Waals surface area contributed by atoms with Crippen molar-refractivity contribution < 1.29 is 9.53 Å². The lowest BCUT2D eigenvalue weighted by molar-refractivity contribution is 0.100. The summed E-state index contributed by atoms with van der Waals surface area (Å²) in [5.74, 6) is 0.695. The van der Waals surface area contributed by atoms with Gasteiger partial charge in [-0.2, -0.15) is 0 Å². The fraction of sp³-hybridized carbons (Fsp3) is 0. The smallest absolute Gasteiger partial charge is 0.250 e. The number of rotatable bonds is 2. The number of anilines is 2. The third-order valence-electron chi connectivity index (χ3n) is 3.85. The van der Waals surface area contributed by atoms with Crippen LogP contribution >= 0.6 is 0 Å². The van der Waals surface area contributed by atoms with Crippen molar-refractivity contribution in [2.75, 3.05) is 5.32 Å². The number of aromatic amines is 1. The molecule has 24 heavy (non-hydrogen) atoms. The molecule has 0 atom stereocenters. The van der Waals surface area contributed by atoms with Gasteiger partial charge in [0.2, 0.25) is 5.56 Å². The first-order valence-corrected chi connectivity index (χ1v) is 7.34. The van der Waals surface area contributed by atoms with Crippen molar-refractivity contribution >= 4 is 17.3 Å². The number of aromatic nitrogens is 1. The number of hydrogen-bond donors (Lipinski definition) is 3. The average Bonchev–Trinajstić information content (AvgIpc) is 2.59. The number of nitrogens with one attached hydrogen (secondary N) is 2. The molecule has 0 spiro atoms. The molecule has 6 nitrogen and oxygen atoms in total. The van der Waals surface area contributed by atoms with Gasteiger partial charge in [-0.05, 0) is 24.3 Å². The summed E-state index contributed by atoms with van der Waals surface area (Å²) in [5.41, 5.74) is 7.83. The number of ether oxygens (including phenoxy) is 1. The Morgan fingerprint density at radius 3 is 2.58 bits per heavy atom. The Bertz CT molecular complexity index is 1020. The quantitative estimate of drug-likeness (QED) is 0.529. The van der Waals surface area contributed by atoms with Crippen LogP contribution in [-0.2, 0) is 0 Å². The molecule has 118 valence electrons. The Morgan fingerprint density at radius 1 is 0.958 bits per heavy atom. The van der Waals surface area contributed by atoms with Crippen LogP contribution in [0.2, 0.25) is 0 Å². The van der Waals surface area contributed by atoms with Gasteiger partial charge in [-0.25, -0.2) is 0 Å². The van der Waals surface area contributed by atoms with E-state index in [2.05, 4.69) is 10.3 Å². The second kappa shape index (κ2) is 5.27. The Morgan fingerprint density at radius 2 is 1.75 bits per heavy atom. The average molecular weight is 319 g/mol. The van der Waals surface area contributed by atoms with Gasteiger partial charge in [-0.1, -0.05) is 24.3 Å². The number of para-hydroxylation sites is 3. The van der Waals surface area contributed by atoms with E-state index in [1.165, 1.54) is 12.1 Å². The van der Waals surface area contributed by atoms with E-state index in [9.17, 15) is 9.59 Å². The predicted molar refractivity (Wildman–Crippen MR) is 90.8 cm³/mol. The fourth-order valence-electron chi connectivity index (χ4n) is 2.76. The second-order valence-electron chi connectivity index (χ2n) is 5.38. The van der Waals surface area contributed by atoms with Gasteiger partial charge in [-0.15, -0.1) is 0 Å². The summed E-state index contributed by atoms with van der Waals surface area (Å²) in [4.78, 5) is 26.2. The number of carbonyl (C=O) groups is 1. The first-order valence-electron chi connectivity index (χ1n) is 7.34. The van der Waals surface area contributed by atoms with E-state index in [1.807, 2.05) is 30.3 Å². The van der Waals surface area contributed by atoms with Crippen LogP contribution in [0, 0.1) is 0 Å². The van der Waals surface area contributed by atoms with Crippen LogP contribution in [0.3, 0.4) is 0 Å². The summed E-state index contributed by atoms with van der Waals surface area (Å²) in [7, 11) is 0. The molecule has 6 heteroatoms. The van der Waals surface area contributed by atoms with Crippen LogP contribution in [0.25, 0.3) is 11.3 Å². The number of pyridine rings is 1. The van der Waals surface area contributed by atoms with Crippen LogP contribution in [0.15, 0.2) is 59.4 Å². The fourth-order valence-corrected chi connectivity index (χ4v) is 2.76. The van der Waals surface area contributed by atoms with Crippen molar-refractivity contribution in [2.24, 2.45) is 5.73 Å². The highest BCUT2D eigenvalue weighted by Crippen LogP contribution is 2.46. The molecule has 0 saturated carbocycles. The van der Waals surface area contributed by atoms with Crippen LogP contribution in [-0.4, -0.2) is 10.9 Å². The topological polar surface area (TPSA) is 97.2 Å². The van der Waals surface area contributed by atoms with E-state index in [-0.39, 0.29) is 11.1 Å². The first kappa shape index (κ1) is 14.1. The molecule has 0 bridgehead atoms. The Hall–Kier alpha value is -3.54. The summed E-state index contributed by atoms with van der Waals surface area (Å²) in [6, 6.07) is 15.6. The van der Waals surface area contributed by atoms with Crippen molar-refractivity contribution in [1.29, 1.82) is 0 Å². The van der Waals surface area contributed by atoms with Gasteiger partial charge < -0.3 is 20.8 Å². The third kappa shape index (κ3) is 2.21. The second-order valence-corrected chi connectivity index (χ2v) is 5.38. The van der Waals surface area contributed by atoms with E-state index < -0.39 is 5.91 Å². The van der Waals surface area contributed by atoms with Gasteiger partial charge in [0, 0.05) is 11.6 Å². The minimum absolute atomic E-state index is 0.239. The minimum atomic E-state index is -0.615. The Kier molecular flexibility index (Phi) is 3.09. The molecule has 0 saturated heterocycles. The molecule has 1 amide bonds. The molecule has 3 aromatic rings. The molecule has 1 aliphatic rings. The van der Waals surface area contributed by atoms with Gasteiger partial charge in [0.25, 0.3) is 5.91 Å². The van der Waals surface area contributed by atoms with Crippen LogP contribution in [0.1, 0.15) is 10.4 Å². The summed E-state index contributed by atoms with van der Waals surface area (Å²) >= 11 is 0. The standard InChI is InChI=1S/C18H13N3O3/c19-18(23)11-8-9-15(22)21-16(11)10-4-3-7-14-17(10)20-12-5-1-2-6-13(12)24-14/h1-9,20H,(H2,19,23)(H,21,22). The van der Waals surface area contributed by atoms with E-state index in [0.29, 0.717) is 28.4 Å². The van der Waals surface area contributed by atoms with E-state index >= 15 is 0 Å². The molecular formula is C18H13N3O3. The molecule has 1 aromatic heterocycles. The summed E-state index contributed by atoms with van der Waals surface area (Å²) in [6.07, 6.45) is 0. The number of nitrogens with two attached hydrogens (primary N) is 1.